The summed E-state index contributed by atoms with van der Waals surface area (Å²) in [6, 6.07) is 17.4. The largest absolute Gasteiger partial charge is 0.495 e. The summed E-state index contributed by atoms with van der Waals surface area (Å²) in [5, 5.41) is 2.51. The van der Waals surface area contributed by atoms with Gasteiger partial charge in [-0.25, -0.2) is 12.8 Å². The first-order valence-electron chi connectivity index (χ1n) is 11.6. The number of nitrogens with one attached hydrogen (secondary N) is 1. The van der Waals surface area contributed by atoms with Crippen molar-refractivity contribution < 1.29 is 27.1 Å². The number of nitrogens with zero attached hydrogens (tertiary/aromatic N) is 2. The maximum Gasteiger partial charge on any atom is 0.264 e. The number of benzene rings is 3. The van der Waals surface area contributed by atoms with Gasteiger partial charge in [-0.05, 0) is 55.8 Å². The lowest BCUT2D eigenvalue weighted by Crippen LogP contribution is -2.50. The normalized spacial score (nSPS) is 11.9. The number of ether oxygens (including phenoxy) is 1. The summed E-state index contributed by atoms with van der Waals surface area (Å²) >= 11 is 0. The summed E-state index contributed by atoms with van der Waals surface area (Å²) in [4.78, 5) is 27.5. The Labute approximate surface area is 216 Å². The number of aryl methyl sites for hydroxylation is 1. The Balaban J connectivity index is 2.06. The summed E-state index contributed by atoms with van der Waals surface area (Å²) in [5.74, 6) is -1.23. The van der Waals surface area contributed by atoms with Crippen LogP contribution in [0.3, 0.4) is 0 Å². The molecular formula is C27H30FN3O5S. The van der Waals surface area contributed by atoms with E-state index in [1.54, 1.807) is 43.3 Å². The van der Waals surface area contributed by atoms with Crippen LogP contribution in [-0.2, 0) is 26.2 Å². The first kappa shape index (κ1) is 27.7. The zero-order valence-corrected chi connectivity index (χ0v) is 22.0. The Kier molecular flexibility index (Phi) is 8.88. The molecule has 0 aliphatic rings. The summed E-state index contributed by atoms with van der Waals surface area (Å²) in [7, 11) is -1.35. The Morgan fingerprint density at radius 3 is 2.22 bits per heavy atom. The van der Waals surface area contributed by atoms with E-state index in [4.69, 9.17) is 4.74 Å². The van der Waals surface area contributed by atoms with Crippen molar-refractivity contribution in [2.45, 2.75) is 31.3 Å². The number of methoxy groups -OCH3 is 1. The van der Waals surface area contributed by atoms with E-state index in [2.05, 4.69) is 5.32 Å². The van der Waals surface area contributed by atoms with E-state index in [0.29, 0.717) is 5.56 Å². The molecule has 1 atom stereocenters. The third kappa shape index (κ3) is 6.45. The van der Waals surface area contributed by atoms with E-state index < -0.39 is 40.2 Å². The predicted octanol–water partition coefficient (Wildman–Crippen LogP) is 3.50. The molecule has 0 spiro atoms. The van der Waals surface area contributed by atoms with Crippen molar-refractivity contribution in [3.05, 3.63) is 89.7 Å². The fraction of sp³-hybridized carbons (Fsp3) is 0.259. The van der Waals surface area contributed by atoms with E-state index in [0.717, 1.165) is 9.87 Å². The summed E-state index contributed by atoms with van der Waals surface area (Å²) in [6.07, 6.45) is 0. The van der Waals surface area contributed by atoms with Crippen molar-refractivity contribution >= 4 is 27.5 Å². The Hall–Kier alpha value is -3.92. The molecule has 0 radical (unpaired) electrons. The number of amides is 2. The number of hydrogen-bond acceptors (Lipinski definition) is 5. The predicted molar refractivity (Wildman–Crippen MR) is 139 cm³/mol. The molecule has 0 saturated carbocycles. The second kappa shape index (κ2) is 11.9. The van der Waals surface area contributed by atoms with Crippen LogP contribution in [0.1, 0.15) is 18.1 Å². The molecule has 0 unspecified atom stereocenters. The van der Waals surface area contributed by atoms with E-state index in [1.165, 1.54) is 55.5 Å². The van der Waals surface area contributed by atoms with Crippen molar-refractivity contribution in [3.8, 4) is 5.75 Å². The number of para-hydroxylation sites is 2. The molecule has 3 aromatic rings. The standard InChI is InChI=1S/C27H30FN3O5S/c1-19-9-15-23(16-10-19)37(34,35)31(24-7-5-6-8-25(24)36-4)18-26(32)30(20(2)27(33)29-3)17-21-11-13-22(28)14-12-21/h5-16,20H,17-18H2,1-4H3,(H,29,33)/t20-/m1/s1. The molecule has 0 heterocycles. The highest BCUT2D eigenvalue weighted by molar-refractivity contribution is 7.92. The monoisotopic (exact) mass is 527 g/mol. The molecule has 3 rings (SSSR count). The second-order valence-corrected chi connectivity index (χ2v) is 10.3. The van der Waals surface area contributed by atoms with E-state index >= 15 is 0 Å². The van der Waals surface area contributed by atoms with Gasteiger partial charge in [0.05, 0.1) is 17.7 Å². The third-order valence-corrected chi connectivity index (χ3v) is 7.70. The number of likely N-dealkylation sites (N-methyl/N-ethyl adjacent to an activating group) is 1. The van der Waals surface area contributed by atoms with Crippen molar-refractivity contribution in [2.24, 2.45) is 0 Å². The van der Waals surface area contributed by atoms with Crippen molar-refractivity contribution in [1.29, 1.82) is 0 Å². The maximum absolute atomic E-state index is 13.8. The zero-order chi connectivity index (χ0) is 27.2. The van der Waals surface area contributed by atoms with Gasteiger partial charge in [0.1, 0.15) is 24.2 Å². The van der Waals surface area contributed by atoms with Crippen LogP contribution in [0.4, 0.5) is 10.1 Å². The summed E-state index contributed by atoms with van der Waals surface area (Å²) < 4.78 is 47.4. The van der Waals surface area contributed by atoms with Crippen LogP contribution < -0.4 is 14.4 Å². The first-order chi connectivity index (χ1) is 17.6. The molecule has 8 nitrogen and oxygen atoms in total. The Morgan fingerprint density at radius 2 is 1.62 bits per heavy atom. The highest BCUT2D eigenvalue weighted by Gasteiger charge is 2.33. The van der Waals surface area contributed by atoms with E-state index in [-0.39, 0.29) is 22.9 Å². The van der Waals surface area contributed by atoms with Gasteiger partial charge in [0, 0.05) is 13.6 Å². The van der Waals surface area contributed by atoms with Gasteiger partial charge in [-0.15, -0.1) is 0 Å². The van der Waals surface area contributed by atoms with Crippen molar-refractivity contribution in [2.75, 3.05) is 25.0 Å². The smallest absolute Gasteiger partial charge is 0.264 e. The molecule has 3 aromatic carbocycles. The van der Waals surface area contributed by atoms with E-state index in [1.807, 2.05) is 6.92 Å². The molecule has 37 heavy (non-hydrogen) atoms. The molecule has 0 aliphatic heterocycles. The number of carbonyl (C=O) groups excluding carboxylic acids is 2. The Bertz CT molecular complexity index is 1350. The van der Waals surface area contributed by atoms with Crippen LogP contribution in [0.2, 0.25) is 0 Å². The molecule has 10 heteroatoms. The van der Waals surface area contributed by atoms with Crippen LogP contribution in [-0.4, -0.2) is 51.9 Å². The third-order valence-electron chi connectivity index (χ3n) is 5.92. The van der Waals surface area contributed by atoms with Gasteiger partial charge >= 0.3 is 0 Å². The van der Waals surface area contributed by atoms with Gasteiger partial charge in [-0.2, -0.15) is 0 Å². The van der Waals surface area contributed by atoms with Crippen molar-refractivity contribution in [1.82, 2.24) is 10.2 Å². The average Bonchev–Trinajstić information content (AvgIpc) is 2.90. The van der Waals surface area contributed by atoms with Crippen LogP contribution in [0.5, 0.6) is 5.75 Å². The minimum atomic E-state index is -4.21. The van der Waals surface area contributed by atoms with Gasteiger partial charge in [0.2, 0.25) is 11.8 Å². The number of sulfonamides is 1. The maximum atomic E-state index is 13.8. The average molecular weight is 528 g/mol. The molecule has 2 amide bonds. The molecule has 0 saturated heterocycles. The number of carbonyl (C=O) groups is 2. The minimum absolute atomic E-state index is 0.00115. The van der Waals surface area contributed by atoms with Gasteiger partial charge in [0.25, 0.3) is 10.0 Å². The number of hydrogen-bond donors (Lipinski definition) is 1. The van der Waals surface area contributed by atoms with Gasteiger partial charge < -0.3 is 15.0 Å². The quantitative estimate of drug-likeness (QED) is 0.436. The number of rotatable bonds is 10. The van der Waals surface area contributed by atoms with Gasteiger partial charge in [0.15, 0.2) is 0 Å². The lowest BCUT2D eigenvalue weighted by molar-refractivity contribution is -0.139. The SMILES string of the molecule is CNC(=O)[C@@H](C)N(Cc1ccc(F)cc1)C(=O)CN(c1ccccc1OC)S(=O)(=O)c1ccc(C)cc1. The Morgan fingerprint density at radius 1 is 1.00 bits per heavy atom. The topological polar surface area (TPSA) is 96.0 Å². The summed E-state index contributed by atoms with van der Waals surface area (Å²) in [6.45, 7) is 2.75. The number of halogens is 1. The number of anilines is 1. The minimum Gasteiger partial charge on any atom is -0.495 e. The van der Waals surface area contributed by atoms with Crippen LogP contribution in [0.25, 0.3) is 0 Å². The second-order valence-electron chi connectivity index (χ2n) is 8.43. The molecule has 1 N–H and O–H groups in total. The van der Waals surface area contributed by atoms with Gasteiger partial charge in [-0.3, -0.25) is 13.9 Å². The molecular weight excluding hydrogens is 497 g/mol. The molecule has 196 valence electrons. The van der Waals surface area contributed by atoms with Crippen LogP contribution in [0, 0.1) is 12.7 Å². The van der Waals surface area contributed by atoms with Crippen LogP contribution >= 0.6 is 0 Å². The molecule has 0 aliphatic carbocycles. The van der Waals surface area contributed by atoms with E-state index in [9.17, 15) is 22.4 Å². The molecule has 0 aromatic heterocycles. The fourth-order valence-corrected chi connectivity index (χ4v) is 5.19. The van der Waals surface area contributed by atoms with Crippen LogP contribution in [0.15, 0.2) is 77.7 Å². The zero-order valence-electron chi connectivity index (χ0n) is 21.1. The van der Waals surface area contributed by atoms with Gasteiger partial charge in [-0.1, -0.05) is 42.0 Å². The summed E-state index contributed by atoms with van der Waals surface area (Å²) in [5.41, 5.74) is 1.63. The lowest BCUT2D eigenvalue weighted by atomic mass is 10.1. The highest BCUT2D eigenvalue weighted by Crippen LogP contribution is 2.32. The van der Waals surface area contributed by atoms with Crippen molar-refractivity contribution in [3.63, 3.8) is 0 Å². The molecule has 0 bridgehead atoms. The lowest BCUT2D eigenvalue weighted by Gasteiger charge is -2.32. The fourth-order valence-electron chi connectivity index (χ4n) is 3.76. The highest BCUT2D eigenvalue weighted by atomic mass is 32.2. The first-order valence-corrected chi connectivity index (χ1v) is 13.0. The molecule has 0 fully saturated rings.